The number of pyridine rings is 1. The second kappa shape index (κ2) is 7.73. The molecule has 2 aromatic carbocycles. The van der Waals surface area contributed by atoms with Crippen molar-refractivity contribution < 1.29 is 19.1 Å². The smallest absolute Gasteiger partial charge is 0.308 e. The molecule has 1 aliphatic carbocycles. The van der Waals surface area contributed by atoms with Crippen molar-refractivity contribution in [3.8, 4) is 11.5 Å². The topological polar surface area (TPSA) is 77.5 Å². The second-order valence-corrected chi connectivity index (χ2v) is 9.47. The number of anilines is 1. The molecule has 1 atom stereocenters. The molecule has 3 aromatic rings. The normalized spacial score (nSPS) is 18.9. The van der Waals surface area contributed by atoms with Crippen LogP contribution >= 0.6 is 0 Å². The summed E-state index contributed by atoms with van der Waals surface area (Å²) < 4.78 is 10.8. The van der Waals surface area contributed by atoms with Crippen LogP contribution in [0.5, 0.6) is 11.5 Å². The van der Waals surface area contributed by atoms with E-state index in [2.05, 4.69) is 24.1 Å². The minimum atomic E-state index is -0.419. The number of Topliss-reactive ketones (excluding diaryl/α,β-unsaturated/α-hetero) is 1. The Hall–Kier alpha value is -3.67. The van der Waals surface area contributed by atoms with Gasteiger partial charge in [0.05, 0.1) is 18.7 Å². The monoisotopic (exact) mass is 442 g/mol. The van der Waals surface area contributed by atoms with Gasteiger partial charge in [-0.25, -0.2) is 0 Å². The SMILES string of the molecule is COc1cc(C2=C3C(=O)CC(C)(C)C[C@H]3Nc3ccc4ncccc4c32)ccc1OC(C)=O. The summed E-state index contributed by atoms with van der Waals surface area (Å²) in [5, 5.41) is 4.61. The highest BCUT2D eigenvalue weighted by atomic mass is 16.6. The molecule has 0 amide bonds. The van der Waals surface area contributed by atoms with Crippen molar-refractivity contribution in [1.29, 1.82) is 0 Å². The molecule has 1 aromatic heterocycles. The Labute approximate surface area is 192 Å². The van der Waals surface area contributed by atoms with E-state index in [4.69, 9.17) is 9.47 Å². The number of carbonyl (C=O) groups is 2. The summed E-state index contributed by atoms with van der Waals surface area (Å²) in [6.07, 6.45) is 3.11. The first-order chi connectivity index (χ1) is 15.8. The third-order valence-electron chi connectivity index (χ3n) is 6.38. The lowest BCUT2D eigenvalue weighted by Gasteiger charge is -2.41. The molecule has 2 heterocycles. The predicted molar refractivity (Wildman–Crippen MR) is 128 cm³/mol. The molecule has 0 unspecified atom stereocenters. The molecule has 0 bridgehead atoms. The number of rotatable bonds is 3. The van der Waals surface area contributed by atoms with Crippen LogP contribution in [-0.4, -0.2) is 29.9 Å². The van der Waals surface area contributed by atoms with Crippen molar-refractivity contribution in [3.63, 3.8) is 0 Å². The van der Waals surface area contributed by atoms with Crippen LogP contribution in [0.2, 0.25) is 0 Å². The van der Waals surface area contributed by atoms with Crippen LogP contribution in [0.25, 0.3) is 16.5 Å². The van der Waals surface area contributed by atoms with E-state index in [9.17, 15) is 9.59 Å². The molecule has 0 radical (unpaired) electrons. The summed E-state index contributed by atoms with van der Waals surface area (Å²) in [5.74, 6) is 0.514. The lowest BCUT2D eigenvalue weighted by molar-refractivity contribution is -0.132. The zero-order valence-electron chi connectivity index (χ0n) is 19.2. The van der Waals surface area contributed by atoms with E-state index in [-0.39, 0.29) is 17.2 Å². The number of carbonyl (C=O) groups excluding carboxylic acids is 2. The molecule has 2 aliphatic rings. The molecule has 6 nitrogen and oxygen atoms in total. The van der Waals surface area contributed by atoms with Crippen LogP contribution in [0.4, 0.5) is 5.69 Å². The van der Waals surface area contributed by atoms with Crippen LogP contribution < -0.4 is 14.8 Å². The van der Waals surface area contributed by atoms with Crippen molar-refractivity contribution in [2.24, 2.45) is 5.41 Å². The zero-order valence-corrected chi connectivity index (χ0v) is 19.2. The number of hydrogen-bond donors (Lipinski definition) is 1. The highest BCUT2D eigenvalue weighted by Gasteiger charge is 2.41. The minimum Gasteiger partial charge on any atom is -0.493 e. The van der Waals surface area contributed by atoms with Crippen LogP contribution in [0, 0.1) is 5.41 Å². The summed E-state index contributed by atoms with van der Waals surface area (Å²) >= 11 is 0. The van der Waals surface area contributed by atoms with Gasteiger partial charge in [0.25, 0.3) is 0 Å². The van der Waals surface area contributed by atoms with Gasteiger partial charge >= 0.3 is 5.97 Å². The minimum absolute atomic E-state index is 0.0861. The third kappa shape index (κ3) is 3.65. The van der Waals surface area contributed by atoms with Gasteiger partial charge in [-0.15, -0.1) is 0 Å². The lowest BCUT2D eigenvalue weighted by atomic mass is 9.68. The molecule has 1 saturated carbocycles. The fourth-order valence-electron chi connectivity index (χ4n) is 5.11. The van der Waals surface area contributed by atoms with Gasteiger partial charge in [-0.1, -0.05) is 26.0 Å². The summed E-state index contributed by atoms with van der Waals surface area (Å²) in [6, 6.07) is 13.4. The average Bonchev–Trinajstić information content (AvgIpc) is 2.76. The maximum atomic E-state index is 13.5. The molecule has 5 rings (SSSR count). The number of hydrogen-bond acceptors (Lipinski definition) is 6. The van der Waals surface area contributed by atoms with Gasteiger partial charge in [-0.3, -0.25) is 14.6 Å². The summed E-state index contributed by atoms with van der Waals surface area (Å²) in [6.45, 7) is 5.63. The number of ether oxygens (including phenoxy) is 2. The van der Waals surface area contributed by atoms with Gasteiger partial charge in [-0.2, -0.15) is 0 Å². The number of fused-ring (bicyclic) bond motifs is 4. The van der Waals surface area contributed by atoms with Gasteiger partial charge in [0.1, 0.15) is 0 Å². The first-order valence-corrected chi connectivity index (χ1v) is 11.1. The maximum absolute atomic E-state index is 13.5. The zero-order chi connectivity index (χ0) is 23.3. The van der Waals surface area contributed by atoms with Crippen LogP contribution in [0.3, 0.4) is 0 Å². The highest BCUT2D eigenvalue weighted by Crippen LogP contribution is 2.49. The fourth-order valence-corrected chi connectivity index (χ4v) is 5.11. The molecule has 1 N–H and O–H groups in total. The standard InChI is InChI=1S/C27H26N2O4/c1-15(30)33-22-10-7-16(12-23(22)32-4)24-25-17-6-5-11-28-18(17)8-9-19(25)29-20-13-27(2,3)14-21(31)26(20)24/h5-12,20,29H,13-14H2,1-4H3/t20-/m1/s1. The van der Waals surface area contributed by atoms with Gasteiger partial charge < -0.3 is 14.8 Å². The van der Waals surface area contributed by atoms with E-state index in [1.165, 1.54) is 14.0 Å². The van der Waals surface area contributed by atoms with Crippen molar-refractivity contribution >= 4 is 33.9 Å². The molecule has 1 fully saturated rings. The largest absolute Gasteiger partial charge is 0.493 e. The first kappa shape index (κ1) is 21.2. The number of nitrogens with zero attached hydrogens (tertiary/aromatic N) is 1. The number of esters is 1. The number of benzene rings is 2. The Morgan fingerprint density at radius 1 is 1.15 bits per heavy atom. The first-order valence-electron chi connectivity index (χ1n) is 11.1. The molecule has 6 heteroatoms. The van der Waals surface area contributed by atoms with Gasteiger partial charge in [0, 0.05) is 47.3 Å². The Balaban J connectivity index is 1.80. The van der Waals surface area contributed by atoms with E-state index in [1.807, 2.05) is 36.4 Å². The van der Waals surface area contributed by atoms with Crippen LogP contribution in [0.1, 0.15) is 44.7 Å². The van der Waals surface area contributed by atoms with Gasteiger partial charge in [0.15, 0.2) is 17.3 Å². The molecule has 33 heavy (non-hydrogen) atoms. The lowest BCUT2D eigenvalue weighted by Crippen LogP contribution is -2.41. The molecule has 0 spiro atoms. The maximum Gasteiger partial charge on any atom is 0.308 e. The predicted octanol–water partition coefficient (Wildman–Crippen LogP) is 5.15. The van der Waals surface area contributed by atoms with E-state index >= 15 is 0 Å². The van der Waals surface area contributed by atoms with Crippen molar-refractivity contribution in [2.45, 2.75) is 39.7 Å². The van der Waals surface area contributed by atoms with E-state index < -0.39 is 5.97 Å². The van der Waals surface area contributed by atoms with Gasteiger partial charge in [0.2, 0.25) is 0 Å². The van der Waals surface area contributed by atoms with Crippen LogP contribution in [-0.2, 0) is 9.59 Å². The molecule has 0 saturated heterocycles. The number of ketones is 1. The molecular formula is C27H26N2O4. The second-order valence-electron chi connectivity index (χ2n) is 9.47. The van der Waals surface area contributed by atoms with Crippen molar-refractivity contribution in [3.05, 3.63) is 65.4 Å². The number of methoxy groups -OCH3 is 1. The van der Waals surface area contributed by atoms with Crippen molar-refractivity contribution in [1.82, 2.24) is 4.98 Å². The van der Waals surface area contributed by atoms with Crippen molar-refractivity contribution in [2.75, 3.05) is 12.4 Å². The Kier molecular flexibility index (Phi) is 4.96. The van der Waals surface area contributed by atoms with E-state index in [1.54, 1.807) is 12.3 Å². The Morgan fingerprint density at radius 3 is 2.73 bits per heavy atom. The number of aromatic nitrogens is 1. The molecule has 1 aliphatic heterocycles. The van der Waals surface area contributed by atoms with E-state index in [0.717, 1.165) is 45.3 Å². The summed E-state index contributed by atoms with van der Waals surface area (Å²) in [4.78, 5) is 29.6. The highest BCUT2D eigenvalue weighted by molar-refractivity contribution is 6.14. The van der Waals surface area contributed by atoms with Gasteiger partial charge in [-0.05, 0) is 47.7 Å². The third-order valence-corrected chi connectivity index (χ3v) is 6.38. The fraction of sp³-hybridized carbons (Fsp3) is 0.296. The number of nitrogens with one attached hydrogen (secondary N) is 1. The van der Waals surface area contributed by atoms with E-state index in [0.29, 0.717) is 17.9 Å². The Bertz CT molecular complexity index is 1340. The summed E-state index contributed by atoms with van der Waals surface area (Å²) in [5.41, 5.74) is 5.24. The molecule has 168 valence electrons. The van der Waals surface area contributed by atoms with Crippen LogP contribution in [0.15, 0.2) is 54.2 Å². The Morgan fingerprint density at radius 2 is 1.97 bits per heavy atom. The quantitative estimate of drug-likeness (QED) is 0.446. The molecular weight excluding hydrogens is 416 g/mol. The summed E-state index contributed by atoms with van der Waals surface area (Å²) in [7, 11) is 1.54. The average molecular weight is 443 g/mol.